The first-order chi connectivity index (χ1) is 9.08. The van der Waals surface area contributed by atoms with Crippen molar-refractivity contribution in [1.82, 2.24) is 4.90 Å². The molecule has 3 nitrogen and oxygen atoms in total. The molecule has 0 radical (unpaired) electrons. The monoisotopic (exact) mass is 253 g/mol. The lowest BCUT2D eigenvalue weighted by Gasteiger charge is -2.21. The van der Waals surface area contributed by atoms with Crippen LogP contribution in [0.25, 0.3) is 5.57 Å². The summed E-state index contributed by atoms with van der Waals surface area (Å²) in [6, 6.07) is 9.99. The Morgan fingerprint density at radius 2 is 2.00 bits per heavy atom. The van der Waals surface area contributed by atoms with E-state index in [1.165, 1.54) is 0 Å². The Morgan fingerprint density at radius 3 is 2.58 bits per heavy atom. The fourth-order valence-electron chi connectivity index (χ4n) is 1.80. The molecule has 1 aromatic carbocycles. The molecule has 0 aromatic heterocycles. The second-order valence-corrected chi connectivity index (χ2v) is 4.30. The molecule has 19 heavy (non-hydrogen) atoms. The fraction of sp³-hybridized carbons (Fsp3) is 0.0625. The normalized spacial score (nSPS) is 15.4. The van der Waals surface area contributed by atoms with Gasteiger partial charge in [0.05, 0.1) is 5.57 Å². The standard InChI is InChI=1S/C16H15NO2/c1-12(14-6-4-3-5-7-14)11-17-9-8-15(16(18)19)10-13(17)2/h3-11H,2H2,1H3,(H,18,19)/b12-11+. The first kappa shape index (κ1) is 12.9. The van der Waals surface area contributed by atoms with Crippen LogP contribution in [-0.2, 0) is 4.79 Å². The summed E-state index contributed by atoms with van der Waals surface area (Å²) in [6.07, 6.45) is 6.75. The molecule has 1 aromatic rings. The highest BCUT2D eigenvalue weighted by Crippen LogP contribution is 2.20. The summed E-state index contributed by atoms with van der Waals surface area (Å²) < 4.78 is 0. The third-order valence-electron chi connectivity index (χ3n) is 2.88. The average molecular weight is 253 g/mol. The molecule has 2 rings (SSSR count). The SMILES string of the molecule is C=C1C=C(C(=O)O)C=CN1/C=C(\C)c1ccccc1. The van der Waals surface area contributed by atoms with E-state index in [9.17, 15) is 4.79 Å². The van der Waals surface area contributed by atoms with Gasteiger partial charge in [-0.15, -0.1) is 0 Å². The zero-order chi connectivity index (χ0) is 13.8. The number of hydrogen-bond acceptors (Lipinski definition) is 2. The van der Waals surface area contributed by atoms with E-state index in [0.29, 0.717) is 5.70 Å². The van der Waals surface area contributed by atoms with Crippen LogP contribution < -0.4 is 0 Å². The quantitative estimate of drug-likeness (QED) is 0.897. The van der Waals surface area contributed by atoms with Crippen LogP contribution in [0.2, 0.25) is 0 Å². The number of carbonyl (C=O) groups is 1. The zero-order valence-corrected chi connectivity index (χ0v) is 10.7. The van der Waals surface area contributed by atoms with Crippen LogP contribution >= 0.6 is 0 Å². The Balaban J connectivity index is 2.20. The minimum atomic E-state index is -0.944. The van der Waals surface area contributed by atoms with Crippen LogP contribution in [0.1, 0.15) is 12.5 Å². The van der Waals surface area contributed by atoms with Gasteiger partial charge in [-0.1, -0.05) is 36.9 Å². The van der Waals surface area contributed by atoms with E-state index >= 15 is 0 Å². The zero-order valence-electron chi connectivity index (χ0n) is 10.7. The number of carboxylic acids is 1. The summed E-state index contributed by atoms with van der Waals surface area (Å²) in [5.74, 6) is -0.944. The second-order valence-electron chi connectivity index (χ2n) is 4.30. The van der Waals surface area contributed by atoms with Crippen molar-refractivity contribution in [3.05, 3.63) is 78.3 Å². The molecule has 0 fully saturated rings. The molecule has 0 amide bonds. The Bertz CT molecular complexity index is 594. The number of hydrogen-bond donors (Lipinski definition) is 1. The number of rotatable bonds is 3. The molecule has 3 heteroatoms. The molecule has 0 atom stereocenters. The highest BCUT2D eigenvalue weighted by molar-refractivity contribution is 5.90. The first-order valence-corrected chi connectivity index (χ1v) is 5.92. The van der Waals surface area contributed by atoms with E-state index in [1.54, 1.807) is 18.4 Å². The van der Waals surface area contributed by atoms with Crippen LogP contribution in [0.15, 0.2) is 72.7 Å². The van der Waals surface area contributed by atoms with Crippen molar-refractivity contribution in [1.29, 1.82) is 0 Å². The van der Waals surface area contributed by atoms with E-state index in [-0.39, 0.29) is 5.57 Å². The van der Waals surface area contributed by atoms with Crippen molar-refractivity contribution >= 4 is 11.5 Å². The van der Waals surface area contributed by atoms with Gasteiger partial charge in [0.25, 0.3) is 0 Å². The third kappa shape index (κ3) is 3.01. The Morgan fingerprint density at radius 1 is 1.32 bits per heavy atom. The molecule has 96 valence electrons. The van der Waals surface area contributed by atoms with E-state index in [1.807, 2.05) is 48.4 Å². The molecule has 0 unspecified atom stereocenters. The van der Waals surface area contributed by atoms with E-state index < -0.39 is 5.97 Å². The second kappa shape index (κ2) is 5.40. The van der Waals surface area contributed by atoms with Crippen molar-refractivity contribution in [2.24, 2.45) is 0 Å². The van der Waals surface area contributed by atoms with Gasteiger partial charge in [0.2, 0.25) is 0 Å². The van der Waals surface area contributed by atoms with Gasteiger partial charge in [-0.2, -0.15) is 0 Å². The van der Waals surface area contributed by atoms with Gasteiger partial charge < -0.3 is 10.0 Å². The lowest BCUT2D eigenvalue weighted by atomic mass is 10.1. The summed E-state index contributed by atoms with van der Waals surface area (Å²) in [6.45, 7) is 5.87. The maximum Gasteiger partial charge on any atom is 0.335 e. The molecule has 1 aliphatic rings. The van der Waals surface area contributed by atoms with Crippen molar-refractivity contribution < 1.29 is 9.90 Å². The molecule has 1 aliphatic heterocycles. The van der Waals surface area contributed by atoms with Crippen molar-refractivity contribution in [2.75, 3.05) is 0 Å². The maximum absolute atomic E-state index is 10.9. The molecule has 1 heterocycles. The van der Waals surface area contributed by atoms with Crippen LogP contribution in [0.5, 0.6) is 0 Å². The van der Waals surface area contributed by atoms with E-state index in [0.717, 1.165) is 11.1 Å². The van der Waals surface area contributed by atoms with E-state index in [2.05, 4.69) is 6.58 Å². The summed E-state index contributed by atoms with van der Waals surface area (Å²) in [5, 5.41) is 8.91. The summed E-state index contributed by atoms with van der Waals surface area (Å²) in [7, 11) is 0. The van der Waals surface area contributed by atoms with Crippen molar-refractivity contribution in [3.63, 3.8) is 0 Å². The number of benzene rings is 1. The molecule has 1 N–H and O–H groups in total. The number of nitrogens with zero attached hydrogens (tertiary/aromatic N) is 1. The van der Waals surface area contributed by atoms with Gasteiger partial charge in [0, 0.05) is 18.1 Å². The Labute approximate surface area is 112 Å². The van der Waals surface area contributed by atoms with Gasteiger partial charge in [-0.05, 0) is 30.2 Å². The molecule has 0 saturated heterocycles. The van der Waals surface area contributed by atoms with Crippen molar-refractivity contribution in [3.8, 4) is 0 Å². The Hall–Kier alpha value is -2.55. The molecule has 0 aliphatic carbocycles. The minimum Gasteiger partial charge on any atom is -0.478 e. The van der Waals surface area contributed by atoms with Crippen LogP contribution in [0.4, 0.5) is 0 Å². The number of carboxylic acid groups (broad SMARTS) is 1. The lowest BCUT2D eigenvalue weighted by Crippen LogP contribution is -2.13. The largest absolute Gasteiger partial charge is 0.478 e. The first-order valence-electron chi connectivity index (χ1n) is 5.92. The number of aliphatic carboxylic acids is 1. The average Bonchev–Trinajstić information content (AvgIpc) is 2.41. The molecule has 0 spiro atoms. The summed E-state index contributed by atoms with van der Waals surface area (Å²) in [5.41, 5.74) is 3.08. The predicted octanol–water partition coefficient (Wildman–Crippen LogP) is 3.40. The minimum absolute atomic E-state index is 0.243. The van der Waals surface area contributed by atoms with Gasteiger partial charge in [0.1, 0.15) is 0 Å². The van der Waals surface area contributed by atoms with Gasteiger partial charge in [0.15, 0.2) is 0 Å². The smallest absolute Gasteiger partial charge is 0.335 e. The predicted molar refractivity (Wildman–Crippen MR) is 75.9 cm³/mol. The van der Waals surface area contributed by atoms with Gasteiger partial charge in [-0.3, -0.25) is 0 Å². The third-order valence-corrected chi connectivity index (χ3v) is 2.88. The lowest BCUT2D eigenvalue weighted by molar-refractivity contribution is -0.132. The highest BCUT2D eigenvalue weighted by Gasteiger charge is 2.11. The summed E-state index contributed by atoms with van der Waals surface area (Å²) in [4.78, 5) is 12.7. The molecular weight excluding hydrogens is 238 g/mol. The molecule has 0 saturated carbocycles. The fourth-order valence-corrected chi connectivity index (χ4v) is 1.80. The maximum atomic E-state index is 10.9. The van der Waals surface area contributed by atoms with Crippen LogP contribution in [-0.4, -0.2) is 16.0 Å². The van der Waals surface area contributed by atoms with Crippen molar-refractivity contribution in [2.45, 2.75) is 6.92 Å². The summed E-state index contributed by atoms with van der Waals surface area (Å²) >= 11 is 0. The highest BCUT2D eigenvalue weighted by atomic mass is 16.4. The van der Waals surface area contributed by atoms with E-state index in [4.69, 9.17) is 5.11 Å². The molecular formula is C16H15NO2. The number of allylic oxidation sites excluding steroid dienone is 2. The molecule has 0 bridgehead atoms. The van der Waals surface area contributed by atoms with Gasteiger partial charge in [-0.25, -0.2) is 4.79 Å². The Kier molecular flexibility index (Phi) is 3.66. The topological polar surface area (TPSA) is 40.5 Å². The van der Waals surface area contributed by atoms with Gasteiger partial charge >= 0.3 is 5.97 Å². The van der Waals surface area contributed by atoms with Crippen LogP contribution in [0, 0.1) is 0 Å². The van der Waals surface area contributed by atoms with Crippen LogP contribution in [0.3, 0.4) is 0 Å².